The van der Waals surface area contributed by atoms with E-state index in [2.05, 4.69) is 16.0 Å². The van der Waals surface area contributed by atoms with Crippen molar-refractivity contribution in [1.82, 2.24) is 5.32 Å². The number of benzene rings is 2. The Morgan fingerprint density at radius 1 is 1.03 bits per heavy atom. The first kappa shape index (κ1) is 22.9. The molecule has 0 spiro atoms. The van der Waals surface area contributed by atoms with E-state index in [9.17, 15) is 14.4 Å². The summed E-state index contributed by atoms with van der Waals surface area (Å²) in [5, 5.41) is 8.62. The molecule has 30 heavy (non-hydrogen) atoms. The number of amides is 3. The molecule has 0 fully saturated rings. The van der Waals surface area contributed by atoms with Gasteiger partial charge in [0.15, 0.2) is 0 Å². The lowest BCUT2D eigenvalue weighted by Crippen LogP contribution is -2.25. The Bertz CT molecular complexity index is 868. The van der Waals surface area contributed by atoms with E-state index in [-0.39, 0.29) is 24.3 Å². The van der Waals surface area contributed by atoms with E-state index in [1.54, 1.807) is 62.7 Å². The number of nitrogens with one attached hydrogen (secondary N) is 3. The molecule has 0 aliphatic rings. The van der Waals surface area contributed by atoms with E-state index < -0.39 is 0 Å². The smallest absolute Gasteiger partial charge is 0.251 e. The average Bonchev–Trinajstić information content (AvgIpc) is 2.75. The van der Waals surface area contributed by atoms with Crippen molar-refractivity contribution < 1.29 is 19.1 Å². The monoisotopic (exact) mass is 412 g/mol. The van der Waals surface area contributed by atoms with E-state index in [4.69, 9.17) is 4.74 Å². The van der Waals surface area contributed by atoms with Crippen LogP contribution in [0, 0.1) is 0 Å². The Hall–Kier alpha value is -3.39. The number of anilines is 3. The Morgan fingerprint density at radius 3 is 2.43 bits per heavy atom. The second kappa shape index (κ2) is 11.6. The van der Waals surface area contributed by atoms with Gasteiger partial charge in [0, 0.05) is 56.9 Å². The molecule has 3 amide bonds. The predicted molar refractivity (Wildman–Crippen MR) is 118 cm³/mol. The molecule has 2 rings (SSSR count). The van der Waals surface area contributed by atoms with E-state index >= 15 is 0 Å². The summed E-state index contributed by atoms with van der Waals surface area (Å²) in [4.78, 5) is 37.3. The largest absolute Gasteiger partial charge is 0.385 e. The van der Waals surface area contributed by atoms with Crippen LogP contribution in [0.25, 0.3) is 0 Å². The van der Waals surface area contributed by atoms with Gasteiger partial charge in [-0.25, -0.2) is 0 Å². The zero-order valence-corrected chi connectivity index (χ0v) is 17.5. The first-order valence-electron chi connectivity index (χ1n) is 9.66. The number of hydrogen-bond donors (Lipinski definition) is 3. The predicted octanol–water partition coefficient (Wildman–Crippen LogP) is 2.49. The van der Waals surface area contributed by atoms with Gasteiger partial charge in [-0.05, 0) is 48.9 Å². The second-order valence-electron chi connectivity index (χ2n) is 6.71. The summed E-state index contributed by atoms with van der Waals surface area (Å²) in [6.07, 6.45) is 0.732. The fourth-order valence-electron chi connectivity index (χ4n) is 2.63. The van der Waals surface area contributed by atoms with Crippen LogP contribution < -0.4 is 20.9 Å². The normalized spacial score (nSPS) is 10.2. The van der Waals surface area contributed by atoms with Gasteiger partial charge in [0.2, 0.25) is 11.8 Å². The Balaban J connectivity index is 1.85. The number of carbonyl (C=O) groups is 3. The van der Waals surface area contributed by atoms with Gasteiger partial charge in [-0.2, -0.15) is 0 Å². The maximum absolute atomic E-state index is 12.2. The zero-order chi connectivity index (χ0) is 21.9. The third kappa shape index (κ3) is 7.21. The number of rotatable bonds is 10. The summed E-state index contributed by atoms with van der Waals surface area (Å²) in [7, 11) is 3.32. The standard InChI is InChI=1S/C22H28N4O4/c1-16(27)26(2)20-10-8-18(9-11-20)24-15-21(28)25-19-7-4-6-17(14-19)22(29)23-12-5-13-30-3/h4,6-11,14,24H,5,12-13,15H2,1-3H3,(H,23,29)(H,25,28). The molecule has 0 saturated carbocycles. The summed E-state index contributed by atoms with van der Waals surface area (Å²) in [6, 6.07) is 14.0. The first-order valence-corrected chi connectivity index (χ1v) is 9.66. The average molecular weight is 412 g/mol. The van der Waals surface area contributed by atoms with Crippen LogP contribution >= 0.6 is 0 Å². The lowest BCUT2D eigenvalue weighted by Gasteiger charge is -2.15. The van der Waals surface area contributed by atoms with E-state index in [0.29, 0.717) is 24.4 Å². The minimum Gasteiger partial charge on any atom is -0.385 e. The fraction of sp³-hybridized carbons (Fsp3) is 0.318. The summed E-state index contributed by atoms with van der Waals surface area (Å²) < 4.78 is 4.95. The minimum absolute atomic E-state index is 0.0547. The molecule has 0 radical (unpaired) electrons. The van der Waals surface area contributed by atoms with Crippen LogP contribution in [-0.4, -0.2) is 51.6 Å². The number of carbonyl (C=O) groups excluding carboxylic acids is 3. The molecule has 2 aromatic carbocycles. The summed E-state index contributed by atoms with van der Waals surface area (Å²) in [5.41, 5.74) is 2.55. The van der Waals surface area contributed by atoms with Gasteiger partial charge in [-0.3, -0.25) is 14.4 Å². The van der Waals surface area contributed by atoms with Gasteiger partial charge in [0.1, 0.15) is 0 Å². The molecule has 0 bridgehead atoms. The second-order valence-corrected chi connectivity index (χ2v) is 6.71. The third-order valence-corrected chi connectivity index (χ3v) is 4.40. The number of ether oxygens (including phenoxy) is 1. The van der Waals surface area contributed by atoms with Gasteiger partial charge in [-0.1, -0.05) is 6.07 Å². The van der Waals surface area contributed by atoms with Gasteiger partial charge < -0.3 is 25.6 Å². The molecule has 0 saturated heterocycles. The molecule has 0 aliphatic heterocycles. The maximum Gasteiger partial charge on any atom is 0.251 e. The van der Waals surface area contributed by atoms with Crippen molar-refractivity contribution >= 4 is 34.8 Å². The van der Waals surface area contributed by atoms with Crippen molar-refractivity contribution in [3.63, 3.8) is 0 Å². The number of methoxy groups -OCH3 is 1. The van der Waals surface area contributed by atoms with Gasteiger partial charge in [0.25, 0.3) is 5.91 Å². The highest BCUT2D eigenvalue weighted by molar-refractivity contribution is 5.98. The molecule has 3 N–H and O–H groups in total. The highest BCUT2D eigenvalue weighted by atomic mass is 16.5. The Morgan fingerprint density at radius 2 is 1.77 bits per heavy atom. The maximum atomic E-state index is 12.2. The van der Waals surface area contributed by atoms with Crippen molar-refractivity contribution in [2.75, 3.05) is 49.4 Å². The van der Waals surface area contributed by atoms with Crippen LogP contribution in [0.2, 0.25) is 0 Å². The van der Waals surface area contributed by atoms with E-state index in [1.165, 1.54) is 11.8 Å². The lowest BCUT2D eigenvalue weighted by atomic mass is 10.2. The highest BCUT2D eigenvalue weighted by Crippen LogP contribution is 2.17. The summed E-state index contributed by atoms with van der Waals surface area (Å²) in [6.45, 7) is 2.67. The van der Waals surface area contributed by atoms with Gasteiger partial charge in [0.05, 0.1) is 6.54 Å². The van der Waals surface area contributed by atoms with Crippen LogP contribution in [0.1, 0.15) is 23.7 Å². The Labute approximate surface area is 176 Å². The van der Waals surface area contributed by atoms with Crippen LogP contribution in [0.4, 0.5) is 17.1 Å². The fourth-order valence-corrected chi connectivity index (χ4v) is 2.63. The molecular formula is C22H28N4O4. The summed E-state index contributed by atoms with van der Waals surface area (Å²) in [5.74, 6) is -0.491. The molecule has 0 unspecified atom stereocenters. The van der Waals surface area contributed by atoms with Gasteiger partial charge in [-0.15, -0.1) is 0 Å². The molecule has 0 aliphatic carbocycles. The van der Waals surface area contributed by atoms with Crippen LogP contribution in [0.3, 0.4) is 0 Å². The molecule has 0 heterocycles. The van der Waals surface area contributed by atoms with Crippen LogP contribution in [-0.2, 0) is 14.3 Å². The molecule has 2 aromatic rings. The highest BCUT2D eigenvalue weighted by Gasteiger charge is 2.08. The van der Waals surface area contributed by atoms with Crippen molar-refractivity contribution in [2.45, 2.75) is 13.3 Å². The number of hydrogen-bond acceptors (Lipinski definition) is 5. The lowest BCUT2D eigenvalue weighted by molar-refractivity contribution is -0.116. The topological polar surface area (TPSA) is 99.8 Å². The van der Waals surface area contributed by atoms with Crippen molar-refractivity contribution in [1.29, 1.82) is 0 Å². The molecule has 8 heteroatoms. The van der Waals surface area contributed by atoms with Crippen molar-refractivity contribution in [3.8, 4) is 0 Å². The van der Waals surface area contributed by atoms with Gasteiger partial charge >= 0.3 is 0 Å². The molecule has 8 nitrogen and oxygen atoms in total. The Kier molecular flexibility index (Phi) is 8.83. The SMILES string of the molecule is COCCCNC(=O)c1cccc(NC(=O)CNc2ccc(N(C)C(C)=O)cc2)c1. The van der Waals surface area contributed by atoms with Crippen molar-refractivity contribution in [2.24, 2.45) is 0 Å². The quantitative estimate of drug-likeness (QED) is 0.521. The first-order chi connectivity index (χ1) is 14.4. The van der Waals surface area contributed by atoms with E-state index in [0.717, 1.165) is 17.8 Å². The molecule has 0 aromatic heterocycles. The molecule has 160 valence electrons. The molecule has 0 atom stereocenters. The van der Waals surface area contributed by atoms with Crippen LogP contribution in [0.5, 0.6) is 0 Å². The zero-order valence-electron chi connectivity index (χ0n) is 17.5. The number of nitrogens with zero attached hydrogens (tertiary/aromatic N) is 1. The summed E-state index contributed by atoms with van der Waals surface area (Å²) >= 11 is 0. The van der Waals surface area contributed by atoms with Crippen LogP contribution in [0.15, 0.2) is 48.5 Å². The third-order valence-electron chi connectivity index (χ3n) is 4.40. The van der Waals surface area contributed by atoms with E-state index in [1.807, 2.05) is 0 Å². The van der Waals surface area contributed by atoms with Crippen molar-refractivity contribution in [3.05, 3.63) is 54.1 Å². The molecular weight excluding hydrogens is 384 g/mol. The minimum atomic E-state index is -0.238.